The molecule has 7 aromatic carbocycles. The Labute approximate surface area is 262 Å². The summed E-state index contributed by atoms with van der Waals surface area (Å²) in [5.41, 5.74) is 8.86. The van der Waals surface area contributed by atoms with Crippen LogP contribution in [-0.4, -0.2) is 4.98 Å². The molecule has 1 aromatic heterocycles. The average molecular weight is 580 g/mol. The smallest absolute Gasteiger partial charge is 0.227 e. The van der Waals surface area contributed by atoms with E-state index in [1.54, 1.807) is 0 Å². The predicted molar refractivity (Wildman–Crippen MR) is 186 cm³/mol. The van der Waals surface area contributed by atoms with Crippen molar-refractivity contribution >= 4 is 56.0 Å². The maximum atomic E-state index is 6.36. The molecule has 0 bridgehead atoms. The minimum atomic E-state index is 0.607. The van der Waals surface area contributed by atoms with Gasteiger partial charge in [0.05, 0.1) is 5.69 Å². The van der Waals surface area contributed by atoms with Gasteiger partial charge in [0, 0.05) is 44.8 Å². The Bertz CT molecular complexity index is 2120. The summed E-state index contributed by atoms with van der Waals surface area (Å²) in [7, 11) is 0. The molecule has 0 saturated heterocycles. The fourth-order valence-corrected chi connectivity index (χ4v) is 5.99. The molecule has 214 valence electrons. The zero-order valence-electron chi connectivity index (χ0n) is 24.5. The largest absolute Gasteiger partial charge is 0.436 e. The molecule has 1 heterocycles. The van der Waals surface area contributed by atoms with Crippen molar-refractivity contribution in [3.8, 4) is 11.5 Å². The summed E-state index contributed by atoms with van der Waals surface area (Å²) in [6.07, 6.45) is 0. The number of hydrogen-bond acceptors (Lipinski definition) is 4. The van der Waals surface area contributed by atoms with Gasteiger partial charge in [-0.1, -0.05) is 91.0 Å². The van der Waals surface area contributed by atoms with Crippen molar-refractivity contribution in [2.24, 2.45) is 0 Å². The van der Waals surface area contributed by atoms with Crippen LogP contribution in [0.4, 0.5) is 34.1 Å². The molecule has 0 unspecified atom stereocenters. The van der Waals surface area contributed by atoms with E-state index in [0.717, 1.165) is 61.6 Å². The second kappa shape index (κ2) is 11.5. The van der Waals surface area contributed by atoms with Crippen LogP contribution in [0.1, 0.15) is 0 Å². The molecule has 0 spiro atoms. The highest BCUT2D eigenvalue weighted by molar-refractivity contribution is 6.12. The lowest BCUT2D eigenvalue weighted by atomic mass is 10.0. The van der Waals surface area contributed by atoms with Crippen LogP contribution < -0.4 is 9.80 Å². The van der Waals surface area contributed by atoms with Gasteiger partial charge in [-0.2, -0.15) is 0 Å². The Morgan fingerprint density at radius 2 is 0.867 bits per heavy atom. The number of benzene rings is 7. The van der Waals surface area contributed by atoms with Crippen LogP contribution in [0.3, 0.4) is 0 Å². The van der Waals surface area contributed by atoms with Gasteiger partial charge in [-0.25, -0.2) is 4.98 Å². The Balaban J connectivity index is 1.46. The summed E-state index contributed by atoms with van der Waals surface area (Å²) in [6, 6.07) is 60.9. The number of fused-ring (bicyclic) bond motifs is 3. The Hall–Kier alpha value is -6.13. The third-order valence-electron chi connectivity index (χ3n) is 8.03. The van der Waals surface area contributed by atoms with Crippen molar-refractivity contribution in [3.63, 3.8) is 0 Å². The van der Waals surface area contributed by atoms with Crippen LogP contribution in [0.15, 0.2) is 180 Å². The molecule has 8 aromatic rings. The first-order valence-corrected chi connectivity index (χ1v) is 15.1. The van der Waals surface area contributed by atoms with Gasteiger partial charge in [0.25, 0.3) is 0 Å². The molecule has 0 fully saturated rings. The minimum Gasteiger partial charge on any atom is -0.436 e. The highest BCUT2D eigenvalue weighted by Crippen LogP contribution is 2.46. The van der Waals surface area contributed by atoms with E-state index in [9.17, 15) is 0 Å². The first-order valence-electron chi connectivity index (χ1n) is 15.1. The van der Waals surface area contributed by atoms with Gasteiger partial charge in [0.2, 0.25) is 5.89 Å². The molecule has 0 saturated carbocycles. The molecule has 4 heteroatoms. The summed E-state index contributed by atoms with van der Waals surface area (Å²) in [4.78, 5) is 9.72. The van der Waals surface area contributed by atoms with E-state index < -0.39 is 0 Å². The van der Waals surface area contributed by atoms with Crippen molar-refractivity contribution < 1.29 is 4.42 Å². The fraction of sp³-hybridized carbons (Fsp3) is 0. The Morgan fingerprint density at radius 3 is 1.38 bits per heavy atom. The lowest BCUT2D eigenvalue weighted by Crippen LogP contribution is -2.13. The topological polar surface area (TPSA) is 32.5 Å². The predicted octanol–water partition coefficient (Wildman–Crippen LogP) is 11.6. The summed E-state index contributed by atoms with van der Waals surface area (Å²) in [5.74, 6) is 0.607. The molecule has 0 atom stereocenters. The van der Waals surface area contributed by atoms with Crippen molar-refractivity contribution in [1.29, 1.82) is 0 Å². The molecule has 0 N–H and O–H groups in total. The van der Waals surface area contributed by atoms with Crippen molar-refractivity contribution in [2.45, 2.75) is 0 Å². The van der Waals surface area contributed by atoms with E-state index in [-0.39, 0.29) is 0 Å². The number of anilines is 6. The van der Waals surface area contributed by atoms with Gasteiger partial charge in [-0.05, 0) is 84.9 Å². The lowest BCUT2D eigenvalue weighted by Gasteiger charge is -2.30. The van der Waals surface area contributed by atoms with Crippen LogP contribution in [-0.2, 0) is 0 Å². The van der Waals surface area contributed by atoms with E-state index in [1.165, 1.54) is 0 Å². The number of oxazole rings is 1. The van der Waals surface area contributed by atoms with Crippen LogP contribution in [0.2, 0.25) is 0 Å². The second-order valence-electron chi connectivity index (χ2n) is 10.9. The van der Waals surface area contributed by atoms with Crippen molar-refractivity contribution in [1.82, 2.24) is 4.98 Å². The summed E-state index contributed by atoms with van der Waals surface area (Å²) in [6.45, 7) is 0. The highest BCUT2D eigenvalue weighted by Gasteiger charge is 2.22. The summed E-state index contributed by atoms with van der Waals surface area (Å²) in [5, 5.41) is 2.09. The molecule has 0 amide bonds. The van der Waals surface area contributed by atoms with Crippen LogP contribution in [0.5, 0.6) is 0 Å². The molecular weight excluding hydrogens is 550 g/mol. The monoisotopic (exact) mass is 579 g/mol. The molecule has 45 heavy (non-hydrogen) atoms. The Morgan fingerprint density at radius 1 is 0.400 bits per heavy atom. The zero-order valence-corrected chi connectivity index (χ0v) is 24.5. The molecule has 0 aliphatic carbocycles. The first kappa shape index (κ1) is 26.5. The number of rotatable bonds is 7. The van der Waals surface area contributed by atoms with Crippen LogP contribution >= 0.6 is 0 Å². The number of nitrogens with zero attached hydrogens (tertiary/aromatic N) is 3. The quantitative estimate of drug-likeness (QED) is 0.188. The molecule has 8 rings (SSSR count). The third-order valence-corrected chi connectivity index (χ3v) is 8.03. The standard InChI is InChI=1S/C41H29N3O/c1-6-16-30(17-7-1)41-42-40-37-28-35(43(31-18-8-2-9-19-31)32-20-10-3-11-21-32)29-38(36(37)26-27-39(40)45-41)44(33-22-12-4-13-23-33)34-24-14-5-15-25-34/h1-29H. The van der Waals surface area contributed by atoms with Crippen LogP contribution in [0, 0.1) is 0 Å². The van der Waals surface area contributed by atoms with Gasteiger partial charge >= 0.3 is 0 Å². The van der Waals surface area contributed by atoms with E-state index in [0.29, 0.717) is 5.89 Å². The van der Waals surface area contributed by atoms with Crippen LogP contribution in [0.25, 0.3) is 33.3 Å². The average Bonchev–Trinajstić information content (AvgIpc) is 3.56. The van der Waals surface area contributed by atoms with E-state index >= 15 is 0 Å². The third kappa shape index (κ3) is 4.98. The normalized spacial score (nSPS) is 11.1. The maximum Gasteiger partial charge on any atom is 0.227 e. The minimum absolute atomic E-state index is 0.607. The molecular formula is C41H29N3O. The van der Waals surface area contributed by atoms with Crippen molar-refractivity contribution in [2.75, 3.05) is 9.80 Å². The fourth-order valence-electron chi connectivity index (χ4n) is 5.99. The van der Waals surface area contributed by atoms with E-state index in [4.69, 9.17) is 9.40 Å². The first-order chi connectivity index (χ1) is 22.3. The molecule has 0 aliphatic heterocycles. The van der Waals surface area contributed by atoms with Gasteiger partial charge < -0.3 is 14.2 Å². The SMILES string of the molecule is c1ccc(-c2nc3c(ccc4c(N(c5ccccc5)c5ccccc5)cc(N(c5ccccc5)c5ccccc5)cc43)o2)cc1. The maximum absolute atomic E-state index is 6.36. The molecule has 4 nitrogen and oxygen atoms in total. The summed E-state index contributed by atoms with van der Waals surface area (Å²) < 4.78 is 6.36. The van der Waals surface area contributed by atoms with Gasteiger partial charge in [0.15, 0.2) is 5.58 Å². The number of aromatic nitrogens is 1. The van der Waals surface area contributed by atoms with Gasteiger partial charge in [0.1, 0.15) is 5.52 Å². The number of hydrogen-bond donors (Lipinski definition) is 0. The van der Waals surface area contributed by atoms with Gasteiger partial charge in [-0.3, -0.25) is 0 Å². The van der Waals surface area contributed by atoms with Crippen molar-refractivity contribution in [3.05, 3.63) is 176 Å². The molecule has 0 radical (unpaired) electrons. The van der Waals surface area contributed by atoms with E-state index in [2.05, 4.69) is 149 Å². The number of para-hydroxylation sites is 4. The van der Waals surface area contributed by atoms with Gasteiger partial charge in [-0.15, -0.1) is 0 Å². The zero-order chi connectivity index (χ0) is 30.0. The lowest BCUT2D eigenvalue weighted by molar-refractivity contribution is 0.620. The molecule has 0 aliphatic rings. The van der Waals surface area contributed by atoms with E-state index in [1.807, 2.05) is 36.4 Å². The highest BCUT2D eigenvalue weighted by atomic mass is 16.3. The second-order valence-corrected chi connectivity index (χ2v) is 10.9. The Kier molecular flexibility index (Phi) is 6.78. The summed E-state index contributed by atoms with van der Waals surface area (Å²) >= 11 is 0.